The Hall–Kier alpha value is -1.07. The van der Waals surface area contributed by atoms with Crippen molar-refractivity contribution < 1.29 is 37.8 Å². The van der Waals surface area contributed by atoms with Gasteiger partial charge in [-0.1, -0.05) is 17.7 Å². The predicted molar refractivity (Wildman–Crippen MR) is 73.2 cm³/mol. The predicted octanol–water partition coefficient (Wildman–Crippen LogP) is -1.50. The van der Waals surface area contributed by atoms with E-state index in [9.17, 15) is 28.8 Å². The summed E-state index contributed by atoms with van der Waals surface area (Å²) in [7, 11) is -4.07. The van der Waals surface area contributed by atoms with Crippen molar-refractivity contribution >= 4 is 10.1 Å². The van der Waals surface area contributed by atoms with Gasteiger partial charge in [-0.05, 0) is 19.1 Å². The topological polar surface area (TPSA) is 134 Å². The SMILES string of the molecule is Cc1ccc(S(=O)(=O)OC[C@H]2O[C@@H](O)[C@@H](O)[C@@H](O)[C@H]2O)cc1. The lowest BCUT2D eigenvalue weighted by molar-refractivity contribution is -0.285. The van der Waals surface area contributed by atoms with E-state index in [1.807, 2.05) is 0 Å². The van der Waals surface area contributed by atoms with Crippen LogP contribution >= 0.6 is 0 Å². The van der Waals surface area contributed by atoms with E-state index in [1.54, 1.807) is 19.1 Å². The molecule has 1 aromatic rings. The Morgan fingerprint density at radius 3 is 2.23 bits per heavy atom. The zero-order chi connectivity index (χ0) is 16.5. The highest BCUT2D eigenvalue weighted by atomic mass is 32.2. The molecule has 1 aliphatic heterocycles. The fraction of sp³-hybridized carbons (Fsp3) is 0.538. The zero-order valence-corrected chi connectivity index (χ0v) is 12.5. The summed E-state index contributed by atoms with van der Waals surface area (Å²) < 4.78 is 33.6. The summed E-state index contributed by atoms with van der Waals surface area (Å²) in [5, 5.41) is 37.9. The summed E-state index contributed by atoms with van der Waals surface area (Å²) >= 11 is 0. The summed E-state index contributed by atoms with van der Waals surface area (Å²) in [6.45, 7) is 1.19. The first kappa shape index (κ1) is 17.3. The lowest BCUT2D eigenvalue weighted by Crippen LogP contribution is -2.58. The number of hydrogen-bond acceptors (Lipinski definition) is 8. The molecule has 124 valence electrons. The average molecular weight is 334 g/mol. The Labute approximate surface area is 127 Å². The van der Waals surface area contributed by atoms with Crippen LogP contribution in [0.3, 0.4) is 0 Å². The van der Waals surface area contributed by atoms with Crippen molar-refractivity contribution in [2.45, 2.75) is 42.5 Å². The van der Waals surface area contributed by atoms with Crippen LogP contribution in [0.25, 0.3) is 0 Å². The minimum Gasteiger partial charge on any atom is -0.387 e. The molecule has 0 spiro atoms. The maximum Gasteiger partial charge on any atom is 0.297 e. The van der Waals surface area contributed by atoms with Crippen molar-refractivity contribution in [3.63, 3.8) is 0 Å². The van der Waals surface area contributed by atoms with Crippen molar-refractivity contribution in [3.8, 4) is 0 Å². The smallest absolute Gasteiger partial charge is 0.297 e. The highest BCUT2D eigenvalue weighted by Crippen LogP contribution is 2.21. The maximum absolute atomic E-state index is 12.0. The Bertz CT molecular complexity index is 599. The van der Waals surface area contributed by atoms with Gasteiger partial charge in [-0.15, -0.1) is 0 Å². The molecule has 4 N–H and O–H groups in total. The monoisotopic (exact) mass is 334 g/mol. The first-order valence-electron chi connectivity index (χ1n) is 6.56. The fourth-order valence-corrected chi connectivity index (χ4v) is 2.92. The minimum absolute atomic E-state index is 0.0652. The third-order valence-electron chi connectivity index (χ3n) is 3.38. The lowest BCUT2D eigenvalue weighted by Gasteiger charge is -2.37. The molecular formula is C13H18O8S. The molecular weight excluding hydrogens is 316 g/mol. The quantitative estimate of drug-likeness (QED) is 0.489. The summed E-state index contributed by atoms with van der Waals surface area (Å²) in [4.78, 5) is -0.0652. The van der Waals surface area contributed by atoms with Gasteiger partial charge in [0, 0.05) is 0 Å². The standard InChI is InChI=1S/C13H18O8S/c1-7-2-4-8(5-3-7)22(18,19)20-6-9-10(14)11(15)12(16)13(17)21-9/h2-5,9-17H,6H2,1H3/t9-,10+,11+,12+,13-/m1/s1. The number of aliphatic hydroxyl groups is 4. The first-order chi connectivity index (χ1) is 10.2. The first-order valence-corrected chi connectivity index (χ1v) is 7.97. The van der Waals surface area contributed by atoms with Gasteiger partial charge in [-0.25, -0.2) is 0 Å². The largest absolute Gasteiger partial charge is 0.387 e. The molecule has 1 saturated heterocycles. The van der Waals surface area contributed by atoms with E-state index in [0.29, 0.717) is 0 Å². The molecule has 8 nitrogen and oxygen atoms in total. The second-order valence-corrected chi connectivity index (χ2v) is 6.70. The highest BCUT2D eigenvalue weighted by molar-refractivity contribution is 7.86. The molecule has 0 unspecified atom stereocenters. The minimum atomic E-state index is -4.07. The van der Waals surface area contributed by atoms with Crippen LogP contribution in [-0.2, 0) is 19.0 Å². The number of aryl methyl sites for hydroxylation is 1. The Kier molecular flexibility index (Phi) is 5.17. The van der Waals surface area contributed by atoms with Crippen LogP contribution in [0, 0.1) is 6.92 Å². The third kappa shape index (κ3) is 3.63. The second-order valence-electron chi connectivity index (χ2n) is 5.09. The number of ether oxygens (including phenoxy) is 1. The normalized spacial score (nSPS) is 32.9. The molecule has 0 amide bonds. The van der Waals surface area contributed by atoms with Gasteiger partial charge in [-0.3, -0.25) is 4.18 Å². The molecule has 9 heteroatoms. The number of rotatable bonds is 4. The average Bonchev–Trinajstić information content (AvgIpc) is 2.48. The molecule has 1 aliphatic rings. The molecule has 1 aromatic carbocycles. The van der Waals surface area contributed by atoms with Crippen molar-refractivity contribution in [1.29, 1.82) is 0 Å². The molecule has 1 heterocycles. The molecule has 0 radical (unpaired) electrons. The number of benzene rings is 1. The van der Waals surface area contributed by atoms with Crippen LogP contribution in [0.15, 0.2) is 29.2 Å². The summed E-state index contributed by atoms with van der Waals surface area (Å²) in [6, 6.07) is 5.95. The fourth-order valence-electron chi connectivity index (χ4n) is 2.00. The van der Waals surface area contributed by atoms with Crippen LogP contribution in [0.4, 0.5) is 0 Å². The van der Waals surface area contributed by atoms with E-state index in [-0.39, 0.29) is 4.90 Å². The van der Waals surface area contributed by atoms with E-state index < -0.39 is 47.4 Å². The molecule has 0 saturated carbocycles. The second kappa shape index (κ2) is 6.59. The van der Waals surface area contributed by atoms with Crippen LogP contribution < -0.4 is 0 Å². The maximum atomic E-state index is 12.0. The van der Waals surface area contributed by atoms with E-state index >= 15 is 0 Å². The molecule has 2 rings (SSSR count). The van der Waals surface area contributed by atoms with E-state index in [4.69, 9.17) is 8.92 Å². The van der Waals surface area contributed by atoms with Gasteiger partial charge in [0.25, 0.3) is 10.1 Å². The van der Waals surface area contributed by atoms with Gasteiger partial charge in [0.05, 0.1) is 11.5 Å². The molecule has 0 aliphatic carbocycles. The Morgan fingerprint density at radius 2 is 1.64 bits per heavy atom. The molecule has 0 aromatic heterocycles. The summed E-state index contributed by atoms with van der Waals surface area (Å²) in [5.41, 5.74) is 0.880. The van der Waals surface area contributed by atoms with Crippen LogP contribution in [0.1, 0.15) is 5.56 Å². The molecule has 1 fully saturated rings. The van der Waals surface area contributed by atoms with Gasteiger partial charge in [0.1, 0.15) is 24.4 Å². The van der Waals surface area contributed by atoms with Crippen molar-refractivity contribution in [2.75, 3.05) is 6.61 Å². The van der Waals surface area contributed by atoms with E-state index in [1.165, 1.54) is 12.1 Å². The van der Waals surface area contributed by atoms with E-state index in [2.05, 4.69) is 0 Å². The third-order valence-corrected chi connectivity index (χ3v) is 4.68. The van der Waals surface area contributed by atoms with E-state index in [0.717, 1.165) is 5.56 Å². The van der Waals surface area contributed by atoms with Crippen molar-refractivity contribution in [3.05, 3.63) is 29.8 Å². The zero-order valence-electron chi connectivity index (χ0n) is 11.7. The van der Waals surface area contributed by atoms with Gasteiger partial charge >= 0.3 is 0 Å². The van der Waals surface area contributed by atoms with Gasteiger partial charge < -0.3 is 25.2 Å². The van der Waals surface area contributed by atoms with Crippen molar-refractivity contribution in [2.24, 2.45) is 0 Å². The lowest BCUT2D eigenvalue weighted by atomic mass is 10.00. The number of aliphatic hydroxyl groups excluding tert-OH is 4. The van der Waals surface area contributed by atoms with Crippen LogP contribution in [0.5, 0.6) is 0 Å². The summed E-state index contributed by atoms with van der Waals surface area (Å²) in [5.74, 6) is 0. The van der Waals surface area contributed by atoms with Gasteiger partial charge in [0.15, 0.2) is 6.29 Å². The van der Waals surface area contributed by atoms with Crippen LogP contribution in [0.2, 0.25) is 0 Å². The summed E-state index contributed by atoms with van der Waals surface area (Å²) in [6.07, 6.45) is -7.98. The van der Waals surface area contributed by atoms with Crippen LogP contribution in [-0.4, -0.2) is 66.2 Å². The van der Waals surface area contributed by atoms with Crippen molar-refractivity contribution in [1.82, 2.24) is 0 Å². The highest BCUT2D eigenvalue weighted by Gasteiger charge is 2.43. The van der Waals surface area contributed by atoms with Gasteiger partial charge in [0.2, 0.25) is 0 Å². The van der Waals surface area contributed by atoms with Gasteiger partial charge in [-0.2, -0.15) is 8.42 Å². The number of hydrogen-bond donors (Lipinski definition) is 4. The Morgan fingerprint density at radius 1 is 1.05 bits per heavy atom. The molecule has 5 atom stereocenters. The Balaban J connectivity index is 2.04. The molecule has 0 bridgehead atoms. The molecule has 22 heavy (non-hydrogen) atoms.